The molecule has 0 atom stereocenters. The maximum atomic E-state index is 4.46. The van der Waals surface area contributed by atoms with Gasteiger partial charge in [-0.05, 0) is 6.07 Å². The number of hydrogen-bond acceptors (Lipinski definition) is 3. The lowest BCUT2D eigenvalue weighted by Gasteiger charge is -2.15. The van der Waals surface area contributed by atoms with Crippen LogP contribution in [-0.4, -0.2) is 16.5 Å². The van der Waals surface area contributed by atoms with E-state index >= 15 is 0 Å². The van der Waals surface area contributed by atoms with E-state index in [0.29, 0.717) is 0 Å². The van der Waals surface area contributed by atoms with Gasteiger partial charge in [0, 0.05) is 32.9 Å². The minimum atomic E-state index is 1.11. The highest BCUT2D eigenvalue weighted by Gasteiger charge is 2.13. The van der Waals surface area contributed by atoms with Crippen molar-refractivity contribution in [2.45, 2.75) is 9.79 Å². The summed E-state index contributed by atoms with van der Waals surface area (Å²) in [6.45, 7) is 0. The van der Waals surface area contributed by atoms with Crippen LogP contribution in [0.15, 0.2) is 40.3 Å². The van der Waals surface area contributed by atoms with E-state index in [1.54, 1.807) is 0 Å². The Hall–Kier alpha value is -0.670. The first kappa shape index (κ1) is 8.62. The first-order valence-corrected chi connectivity index (χ1v) is 6.55. The highest BCUT2D eigenvalue weighted by Crippen LogP contribution is 2.40. The van der Waals surface area contributed by atoms with Crippen molar-refractivity contribution >= 4 is 34.4 Å². The molecule has 1 aliphatic rings. The Balaban J connectivity index is 2.34. The Morgan fingerprint density at radius 1 is 1.07 bits per heavy atom. The van der Waals surface area contributed by atoms with Gasteiger partial charge in [-0.25, -0.2) is 0 Å². The average Bonchev–Trinajstić information content (AvgIpc) is 2.29. The molecule has 0 bridgehead atoms. The molecule has 0 saturated carbocycles. The highest BCUT2D eigenvalue weighted by molar-refractivity contribution is 8.05. The fraction of sp³-hybridized carbons (Fsp3) is 0.182. The number of nitrogens with zero attached hydrogens (tertiary/aromatic N) is 1. The second-order valence-corrected chi connectivity index (χ2v) is 5.41. The Morgan fingerprint density at radius 3 is 2.93 bits per heavy atom. The van der Waals surface area contributed by atoms with Gasteiger partial charge in [0.2, 0.25) is 0 Å². The molecule has 0 spiro atoms. The molecule has 0 amide bonds. The molecule has 3 rings (SSSR count). The molecule has 2 aromatic rings. The summed E-state index contributed by atoms with van der Waals surface area (Å²) in [5.74, 6) is 2.42. The smallest absolute Gasteiger partial charge is 0.0714 e. The monoisotopic (exact) mass is 219 g/mol. The molecule has 0 N–H and O–H groups in total. The number of rotatable bonds is 0. The summed E-state index contributed by atoms with van der Waals surface area (Å²) >= 11 is 3.88. The first-order chi connectivity index (χ1) is 6.95. The molecule has 0 radical (unpaired) electrons. The van der Waals surface area contributed by atoms with Crippen molar-refractivity contribution in [3.63, 3.8) is 0 Å². The van der Waals surface area contributed by atoms with E-state index in [4.69, 9.17) is 0 Å². The van der Waals surface area contributed by atoms with E-state index in [1.165, 1.54) is 26.7 Å². The summed E-state index contributed by atoms with van der Waals surface area (Å²) in [6, 6.07) is 8.38. The fourth-order valence-corrected chi connectivity index (χ4v) is 3.98. The number of pyridine rings is 1. The van der Waals surface area contributed by atoms with Crippen LogP contribution in [0.2, 0.25) is 0 Å². The lowest BCUT2D eigenvalue weighted by atomic mass is 10.2. The second-order valence-electron chi connectivity index (χ2n) is 3.17. The number of para-hydroxylation sites is 1. The molecule has 1 nitrogen and oxygen atoms in total. The normalized spacial score (nSPS) is 15.4. The molecule has 1 aromatic heterocycles. The maximum absolute atomic E-state index is 4.46. The van der Waals surface area contributed by atoms with E-state index in [0.717, 1.165) is 5.52 Å². The van der Waals surface area contributed by atoms with Crippen molar-refractivity contribution in [2.75, 3.05) is 11.5 Å². The Kier molecular flexibility index (Phi) is 2.14. The van der Waals surface area contributed by atoms with E-state index in [2.05, 4.69) is 23.2 Å². The van der Waals surface area contributed by atoms with Crippen LogP contribution in [0.5, 0.6) is 0 Å². The summed E-state index contributed by atoms with van der Waals surface area (Å²) in [5, 5.41) is 1.31. The SMILES string of the molecule is c1ccc2c3c(cnc2c1)SCCS3. The summed E-state index contributed by atoms with van der Waals surface area (Å²) in [4.78, 5) is 7.23. The third-order valence-electron chi connectivity index (χ3n) is 2.28. The van der Waals surface area contributed by atoms with Gasteiger partial charge in [0.05, 0.1) is 5.52 Å². The van der Waals surface area contributed by atoms with Crippen LogP contribution in [-0.2, 0) is 0 Å². The average molecular weight is 219 g/mol. The molecule has 0 saturated heterocycles. The minimum Gasteiger partial charge on any atom is -0.255 e. The van der Waals surface area contributed by atoms with Crippen LogP contribution in [0.3, 0.4) is 0 Å². The molecule has 0 unspecified atom stereocenters. The van der Waals surface area contributed by atoms with Crippen molar-refractivity contribution in [1.82, 2.24) is 4.98 Å². The lowest BCUT2D eigenvalue weighted by Crippen LogP contribution is -1.95. The molecule has 3 heteroatoms. The van der Waals surface area contributed by atoms with Crippen LogP contribution < -0.4 is 0 Å². The summed E-state index contributed by atoms with van der Waals surface area (Å²) < 4.78 is 0. The molecule has 2 heterocycles. The van der Waals surface area contributed by atoms with Crippen molar-refractivity contribution in [2.24, 2.45) is 0 Å². The largest absolute Gasteiger partial charge is 0.255 e. The Morgan fingerprint density at radius 2 is 1.93 bits per heavy atom. The molecule has 0 fully saturated rings. The molecule has 14 heavy (non-hydrogen) atoms. The van der Waals surface area contributed by atoms with Crippen molar-refractivity contribution < 1.29 is 0 Å². The van der Waals surface area contributed by atoms with E-state index in [1.807, 2.05) is 35.8 Å². The van der Waals surface area contributed by atoms with Crippen molar-refractivity contribution in [3.8, 4) is 0 Å². The van der Waals surface area contributed by atoms with E-state index in [9.17, 15) is 0 Å². The Labute approximate surface area is 91.3 Å². The first-order valence-electron chi connectivity index (χ1n) is 4.58. The van der Waals surface area contributed by atoms with Crippen molar-refractivity contribution in [1.29, 1.82) is 0 Å². The molecule has 1 aliphatic heterocycles. The van der Waals surface area contributed by atoms with Gasteiger partial charge in [0.1, 0.15) is 0 Å². The zero-order valence-electron chi connectivity index (χ0n) is 7.56. The third kappa shape index (κ3) is 1.31. The third-order valence-corrected chi connectivity index (χ3v) is 4.83. The van der Waals surface area contributed by atoms with Gasteiger partial charge in [-0.2, -0.15) is 0 Å². The van der Waals surface area contributed by atoms with Gasteiger partial charge >= 0.3 is 0 Å². The molecule has 70 valence electrons. The molecule has 1 aromatic carbocycles. The predicted octanol–water partition coefficient (Wildman–Crippen LogP) is 3.43. The van der Waals surface area contributed by atoms with E-state index in [-0.39, 0.29) is 0 Å². The number of benzene rings is 1. The Bertz CT molecular complexity index is 482. The maximum Gasteiger partial charge on any atom is 0.0714 e. The van der Waals surface area contributed by atoms with Gasteiger partial charge < -0.3 is 0 Å². The number of aromatic nitrogens is 1. The zero-order valence-corrected chi connectivity index (χ0v) is 9.20. The summed E-state index contributed by atoms with van der Waals surface area (Å²) in [7, 11) is 0. The van der Waals surface area contributed by atoms with Crippen molar-refractivity contribution in [3.05, 3.63) is 30.5 Å². The van der Waals surface area contributed by atoms with Crippen LogP contribution >= 0.6 is 23.5 Å². The molecule has 0 aliphatic carbocycles. The lowest BCUT2D eigenvalue weighted by molar-refractivity contribution is 1.18. The topological polar surface area (TPSA) is 12.9 Å². The number of thioether (sulfide) groups is 2. The molecular formula is C11H9NS2. The molecular weight excluding hydrogens is 210 g/mol. The summed E-state index contributed by atoms with van der Waals surface area (Å²) in [5.41, 5.74) is 1.11. The predicted molar refractivity (Wildman–Crippen MR) is 63.2 cm³/mol. The fourth-order valence-electron chi connectivity index (χ4n) is 1.64. The standard InChI is InChI=1S/C11H9NS2/c1-2-4-9-8(3-1)11-10(7-12-9)13-5-6-14-11/h1-4,7H,5-6H2. The van der Waals surface area contributed by atoms with E-state index < -0.39 is 0 Å². The minimum absolute atomic E-state index is 1.11. The zero-order chi connectivity index (χ0) is 9.38. The van der Waals surface area contributed by atoms with Gasteiger partial charge in [-0.15, -0.1) is 23.5 Å². The highest BCUT2D eigenvalue weighted by atomic mass is 32.2. The quantitative estimate of drug-likeness (QED) is 0.673. The van der Waals surface area contributed by atoms with Gasteiger partial charge in [-0.1, -0.05) is 18.2 Å². The second kappa shape index (κ2) is 3.48. The van der Waals surface area contributed by atoms with Crippen LogP contribution in [0.25, 0.3) is 10.9 Å². The summed E-state index contributed by atoms with van der Waals surface area (Å²) in [6.07, 6.45) is 2.01. The van der Waals surface area contributed by atoms with Crippen LogP contribution in [0.1, 0.15) is 0 Å². The van der Waals surface area contributed by atoms with Crippen LogP contribution in [0, 0.1) is 0 Å². The van der Waals surface area contributed by atoms with Gasteiger partial charge in [0.15, 0.2) is 0 Å². The van der Waals surface area contributed by atoms with Crippen LogP contribution in [0.4, 0.5) is 0 Å². The van der Waals surface area contributed by atoms with Gasteiger partial charge in [-0.3, -0.25) is 4.98 Å². The van der Waals surface area contributed by atoms with Gasteiger partial charge in [0.25, 0.3) is 0 Å². The number of fused-ring (bicyclic) bond motifs is 3. The number of hydrogen-bond donors (Lipinski definition) is 0.